The quantitative estimate of drug-likeness (QED) is 0.715. The molecule has 1 aliphatic rings. The molecular weight excluding hydrogens is 312 g/mol. The molecule has 0 heterocycles. The molecule has 1 fully saturated rings. The Labute approximate surface area is 138 Å². The van der Waals surface area contributed by atoms with E-state index in [1.165, 1.54) is 32.1 Å². The Morgan fingerprint density at radius 2 is 1.74 bits per heavy atom. The van der Waals surface area contributed by atoms with Crippen LogP contribution in [0.4, 0.5) is 0 Å². The summed E-state index contributed by atoms with van der Waals surface area (Å²) in [6.45, 7) is 0.516. The number of hydrogen-bond donors (Lipinski definition) is 2. The Hall–Kier alpha value is -1.40. The molecule has 128 valence electrons. The molecule has 2 N–H and O–H groups in total. The number of benzene rings is 1. The highest BCUT2D eigenvalue weighted by Gasteiger charge is 2.15. The van der Waals surface area contributed by atoms with Crippen LogP contribution in [0.25, 0.3) is 0 Å². The lowest BCUT2D eigenvalue weighted by Gasteiger charge is -2.20. The maximum atomic E-state index is 12.0. The molecular formula is C17H26N2O3S. The van der Waals surface area contributed by atoms with Crippen molar-refractivity contribution >= 4 is 15.9 Å². The molecule has 0 radical (unpaired) electrons. The summed E-state index contributed by atoms with van der Waals surface area (Å²) < 4.78 is 26.5. The fraction of sp³-hybridized carbons (Fsp3) is 0.588. The van der Waals surface area contributed by atoms with Gasteiger partial charge in [-0.15, -0.1) is 0 Å². The average Bonchev–Trinajstić information content (AvgIpc) is 2.59. The standard InChI is InChI=1S/C17H26N2O3S/c20-17(12-11-15-7-3-1-4-8-15)18-13-14-19-23(21,22)16-9-5-2-6-10-16/h2,5-6,9-10,15,19H,1,3-4,7-8,11-14H2,(H,18,20). The first-order valence-electron chi connectivity index (χ1n) is 8.39. The number of sulfonamides is 1. The van der Waals surface area contributed by atoms with Gasteiger partial charge in [0.1, 0.15) is 0 Å². The van der Waals surface area contributed by atoms with E-state index in [0.29, 0.717) is 18.9 Å². The van der Waals surface area contributed by atoms with Crippen LogP contribution in [0.2, 0.25) is 0 Å². The van der Waals surface area contributed by atoms with Crippen molar-refractivity contribution in [3.8, 4) is 0 Å². The first-order valence-corrected chi connectivity index (χ1v) is 9.87. The fourth-order valence-corrected chi connectivity index (χ4v) is 4.02. The summed E-state index contributed by atoms with van der Waals surface area (Å²) in [6.07, 6.45) is 7.86. The van der Waals surface area contributed by atoms with E-state index in [2.05, 4.69) is 10.0 Å². The van der Waals surface area contributed by atoms with Crippen LogP contribution in [-0.2, 0) is 14.8 Å². The zero-order valence-corrected chi connectivity index (χ0v) is 14.3. The predicted molar refractivity (Wildman–Crippen MR) is 90.4 cm³/mol. The minimum absolute atomic E-state index is 0.00878. The van der Waals surface area contributed by atoms with Crippen molar-refractivity contribution in [3.05, 3.63) is 30.3 Å². The van der Waals surface area contributed by atoms with Gasteiger partial charge < -0.3 is 5.32 Å². The fourth-order valence-electron chi connectivity index (χ4n) is 2.97. The largest absolute Gasteiger partial charge is 0.355 e. The molecule has 0 unspecified atom stereocenters. The van der Waals surface area contributed by atoms with Crippen molar-refractivity contribution in [1.29, 1.82) is 0 Å². The second-order valence-corrected chi connectivity index (χ2v) is 7.87. The van der Waals surface area contributed by atoms with Crippen molar-refractivity contribution in [1.82, 2.24) is 10.0 Å². The summed E-state index contributed by atoms with van der Waals surface area (Å²) in [6, 6.07) is 8.23. The smallest absolute Gasteiger partial charge is 0.240 e. The highest BCUT2D eigenvalue weighted by molar-refractivity contribution is 7.89. The molecule has 0 atom stereocenters. The van der Waals surface area contributed by atoms with Gasteiger partial charge in [0.2, 0.25) is 15.9 Å². The Balaban J connectivity index is 1.62. The first-order chi connectivity index (χ1) is 11.1. The summed E-state index contributed by atoms with van der Waals surface area (Å²) in [5, 5.41) is 2.78. The highest BCUT2D eigenvalue weighted by Crippen LogP contribution is 2.27. The average molecular weight is 338 g/mol. The van der Waals surface area contributed by atoms with Crippen molar-refractivity contribution in [2.45, 2.75) is 49.8 Å². The third-order valence-corrected chi connectivity index (χ3v) is 5.77. The van der Waals surface area contributed by atoms with Crippen molar-refractivity contribution in [2.24, 2.45) is 5.92 Å². The molecule has 2 rings (SSSR count). The monoisotopic (exact) mass is 338 g/mol. The van der Waals surface area contributed by atoms with E-state index in [-0.39, 0.29) is 17.3 Å². The molecule has 1 aliphatic carbocycles. The topological polar surface area (TPSA) is 75.3 Å². The van der Waals surface area contributed by atoms with Gasteiger partial charge in [-0.3, -0.25) is 4.79 Å². The second-order valence-electron chi connectivity index (χ2n) is 6.10. The summed E-state index contributed by atoms with van der Waals surface area (Å²) in [5.74, 6) is 0.695. The van der Waals surface area contributed by atoms with Crippen LogP contribution in [0.5, 0.6) is 0 Å². The van der Waals surface area contributed by atoms with Gasteiger partial charge in [-0.1, -0.05) is 50.3 Å². The van der Waals surface area contributed by atoms with Gasteiger partial charge in [0.05, 0.1) is 4.90 Å². The molecule has 1 saturated carbocycles. The van der Waals surface area contributed by atoms with Gasteiger partial charge in [0.25, 0.3) is 0 Å². The predicted octanol–water partition coefficient (Wildman–Crippen LogP) is 2.44. The molecule has 0 spiro atoms. The van der Waals surface area contributed by atoms with Crippen molar-refractivity contribution in [2.75, 3.05) is 13.1 Å². The van der Waals surface area contributed by atoms with Crippen LogP contribution >= 0.6 is 0 Å². The number of hydrogen-bond acceptors (Lipinski definition) is 3. The summed E-state index contributed by atoms with van der Waals surface area (Å²) >= 11 is 0. The lowest BCUT2D eigenvalue weighted by atomic mass is 9.86. The number of rotatable bonds is 8. The lowest BCUT2D eigenvalue weighted by molar-refractivity contribution is -0.121. The molecule has 5 nitrogen and oxygen atoms in total. The Morgan fingerprint density at radius 1 is 1.04 bits per heavy atom. The van der Waals surface area contributed by atoms with Crippen LogP contribution < -0.4 is 10.0 Å². The normalized spacial score (nSPS) is 16.2. The molecule has 1 aromatic rings. The minimum atomic E-state index is -3.49. The zero-order valence-electron chi connectivity index (χ0n) is 13.5. The van der Waals surface area contributed by atoms with E-state index in [0.717, 1.165) is 6.42 Å². The third kappa shape index (κ3) is 6.31. The maximum Gasteiger partial charge on any atom is 0.240 e. The molecule has 0 saturated heterocycles. The van der Waals surface area contributed by atoms with Crippen molar-refractivity contribution < 1.29 is 13.2 Å². The van der Waals surface area contributed by atoms with E-state index in [1.807, 2.05) is 0 Å². The number of carbonyl (C=O) groups excluding carboxylic acids is 1. The first kappa shape index (κ1) is 17.9. The van der Waals surface area contributed by atoms with Gasteiger partial charge in [0.15, 0.2) is 0 Å². The molecule has 6 heteroatoms. The van der Waals surface area contributed by atoms with E-state index in [1.54, 1.807) is 30.3 Å². The SMILES string of the molecule is O=C(CCC1CCCCC1)NCCNS(=O)(=O)c1ccccc1. The second kappa shape index (κ2) is 9.03. The van der Waals surface area contributed by atoms with Crippen LogP contribution in [0.15, 0.2) is 35.2 Å². The van der Waals surface area contributed by atoms with E-state index < -0.39 is 10.0 Å². The Bertz CT molecular complexity index is 581. The van der Waals surface area contributed by atoms with E-state index in [4.69, 9.17) is 0 Å². The minimum Gasteiger partial charge on any atom is -0.355 e. The summed E-state index contributed by atoms with van der Waals surface area (Å²) in [4.78, 5) is 12.0. The van der Waals surface area contributed by atoms with Crippen molar-refractivity contribution in [3.63, 3.8) is 0 Å². The maximum absolute atomic E-state index is 12.0. The third-order valence-electron chi connectivity index (χ3n) is 4.30. The highest BCUT2D eigenvalue weighted by atomic mass is 32.2. The van der Waals surface area contributed by atoms with Crippen LogP contribution in [0.1, 0.15) is 44.9 Å². The number of amides is 1. The van der Waals surface area contributed by atoms with Gasteiger partial charge >= 0.3 is 0 Å². The molecule has 0 aliphatic heterocycles. The zero-order chi connectivity index (χ0) is 16.5. The van der Waals surface area contributed by atoms with Crippen LogP contribution in [0, 0.1) is 5.92 Å². The molecule has 23 heavy (non-hydrogen) atoms. The number of carbonyl (C=O) groups is 1. The van der Waals surface area contributed by atoms with Gasteiger partial charge in [-0.05, 0) is 24.5 Å². The van der Waals surface area contributed by atoms with Gasteiger partial charge in [-0.25, -0.2) is 13.1 Å². The Kier molecular flexibility index (Phi) is 7.05. The molecule has 1 amide bonds. The van der Waals surface area contributed by atoms with Crippen LogP contribution in [-0.4, -0.2) is 27.4 Å². The molecule has 0 bridgehead atoms. The molecule has 0 aromatic heterocycles. The van der Waals surface area contributed by atoms with Gasteiger partial charge in [0, 0.05) is 19.5 Å². The summed E-state index contributed by atoms with van der Waals surface area (Å²) in [7, 11) is -3.49. The van der Waals surface area contributed by atoms with E-state index in [9.17, 15) is 13.2 Å². The Morgan fingerprint density at radius 3 is 2.43 bits per heavy atom. The lowest BCUT2D eigenvalue weighted by Crippen LogP contribution is -2.34. The summed E-state index contributed by atoms with van der Waals surface area (Å²) in [5.41, 5.74) is 0. The van der Waals surface area contributed by atoms with Crippen LogP contribution in [0.3, 0.4) is 0 Å². The van der Waals surface area contributed by atoms with Gasteiger partial charge in [-0.2, -0.15) is 0 Å². The van der Waals surface area contributed by atoms with E-state index >= 15 is 0 Å². The molecule has 1 aromatic carbocycles. The number of nitrogens with one attached hydrogen (secondary N) is 2.